The maximum absolute atomic E-state index is 12.4. The van der Waals surface area contributed by atoms with Gasteiger partial charge in [0.2, 0.25) is 0 Å². The van der Waals surface area contributed by atoms with Crippen LogP contribution < -0.4 is 10.1 Å². The van der Waals surface area contributed by atoms with E-state index in [9.17, 15) is 23.1 Å². The molecule has 5 nitrogen and oxygen atoms in total. The maximum atomic E-state index is 12.4. The normalized spacial score (nSPS) is 13.4. The van der Waals surface area contributed by atoms with Crippen molar-refractivity contribution < 1.29 is 32.5 Å². The number of aliphatic hydroxyl groups is 1. The van der Waals surface area contributed by atoms with Gasteiger partial charge < -0.3 is 19.9 Å². The molecule has 0 aliphatic heterocycles. The zero-order valence-corrected chi connectivity index (χ0v) is 12.4. The van der Waals surface area contributed by atoms with E-state index in [2.05, 4.69) is 10.1 Å². The van der Waals surface area contributed by atoms with Gasteiger partial charge in [-0.25, -0.2) is 4.79 Å². The number of rotatable bonds is 4. The maximum Gasteiger partial charge on any atom is 0.573 e. The van der Waals surface area contributed by atoms with Gasteiger partial charge in [0.1, 0.15) is 11.4 Å². The first-order chi connectivity index (χ1) is 10.0. The predicted molar refractivity (Wildman–Crippen MR) is 72.3 cm³/mol. The van der Waals surface area contributed by atoms with Crippen LogP contribution in [0.25, 0.3) is 0 Å². The topological polar surface area (TPSA) is 67.8 Å². The second-order valence-electron chi connectivity index (χ2n) is 5.47. The zero-order chi connectivity index (χ0) is 17.0. The summed E-state index contributed by atoms with van der Waals surface area (Å²) >= 11 is 0. The summed E-state index contributed by atoms with van der Waals surface area (Å²) in [4.78, 5) is 11.7. The Morgan fingerprint density at radius 2 is 1.86 bits per heavy atom. The summed E-state index contributed by atoms with van der Waals surface area (Å²) in [6, 6.07) is 4.15. The van der Waals surface area contributed by atoms with Crippen molar-refractivity contribution in [1.82, 2.24) is 5.32 Å². The van der Waals surface area contributed by atoms with Gasteiger partial charge in [-0.1, -0.05) is 18.2 Å². The number of nitrogens with one attached hydrogen (secondary N) is 1. The quantitative estimate of drug-likeness (QED) is 0.894. The molecule has 0 aliphatic rings. The summed E-state index contributed by atoms with van der Waals surface area (Å²) in [7, 11) is 0. The lowest BCUT2D eigenvalue weighted by Crippen LogP contribution is -2.36. The lowest BCUT2D eigenvalue weighted by molar-refractivity contribution is -0.275. The molecule has 22 heavy (non-hydrogen) atoms. The number of hydrogen-bond acceptors (Lipinski definition) is 4. The van der Waals surface area contributed by atoms with Crippen molar-refractivity contribution in [3.05, 3.63) is 29.8 Å². The molecule has 0 radical (unpaired) electrons. The summed E-state index contributed by atoms with van der Waals surface area (Å²) in [6.07, 6.45) is -5.73. The van der Waals surface area contributed by atoms with Crippen LogP contribution in [-0.2, 0) is 4.74 Å². The Balaban J connectivity index is 2.93. The summed E-state index contributed by atoms with van der Waals surface area (Å²) in [6.45, 7) is 4.31. The summed E-state index contributed by atoms with van der Waals surface area (Å²) in [5.74, 6) is -0.495. The highest BCUT2D eigenvalue weighted by atomic mass is 19.4. The van der Waals surface area contributed by atoms with E-state index in [0.29, 0.717) is 0 Å². The molecule has 124 valence electrons. The molecule has 1 unspecified atom stereocenters. The summed E-state index contributed by atoms with van der Waals surface area (Å²) < 4.78 is 46.0. The first kappa shape index (κ1) is 18.1. The molecule has 0 aromatic heterocycles. The van der Waals surface area contributed by atoms with Crippen molar-refractivity contribution in [3.8, 4) is 5.75 Å². The predicted octanol–water partition coefficient (Wildman–Crippen LogP) is 3.14. The van der Waals surface area contributed by atoms with E-state index in [1.807, 2.05) is 0 Å². The van der Waals surface area contributed by atoms with Gasteiger partial charge in [0, 0.05) is 5.56 Å². The molecular formula is C14H18F3NO4. The molecule has 0 spiro atoms. The lowest BCUT2D eigenvalue weighted by Gasteiger charge is -2.24. The Morgan fingerprint density at radius 3 is 2.36 bits per heavy atom. The smallest absolute Gasteiger partial charge is 0.444 e. The SMILES string of the molecule is CC(C)(C)OC(=O)NC(CO)c1ccccc1OC(F)(F)F. The number of amides is 1. The van der Waals surface area contributed by atoms with Gasteiger partial charge in [-0.2, -0.15) is 0 Å². The molecule has 1 aromatic rings. The third-order valence-electron chi connectivity index (χ3n) is 2.39. The van der Waals surface area contributed by atoms with Crippen LogP contribution in [0.5, 0.6) is 5.75 Å². The van der Waals surface area contributed by atoms with Crippen LogP contribution in [0.2, 0.25) is 0 Å². The van der Waals surface area contributed by atoms with E-state index < -0.39 is 36.5 Å². The van der Waals surface area contributed by atoms with Crippen LogP contribution in [0.1, 0.15) is 32.4 Å². The number of carbonyl (C=O) groups is 1. The first-order valence-corrected chi connectivity index (χ1v) is 6.47. The van der Waals surface area contributed by atoms with Gasteiger partial charge in [-0.3, -0.25) is 0 Å². The van der Waals surface area contributed by atoms with Crippen molar-refractivity contribution in [2.75, 3.05) is 6.61 Å². The Hall–Kier alpha value is -1.96. The van der Waals surface area contributed by atoms with Crippen molar-refractivity contribution >= 4 is 6.09 Å². The van der Waals surface area contributed by atoms with Crippen LogP contribution in [0.4, 0.5) is 18.0 Å². The van der Waals surface area contributed by atoms with Gasteiger partial charge in [0.25, 0.3) is 0 Å². The fraction of sp³-hybridized carbons (Fsp3) is 0.500. The summed E-state index contributed by atoms with van der Waals surface area (Å²) in [5, 5.41) is 11.6. The third-order valence-corrected chi connectivity index (χ3v) is 2.39. The van der Waals surface area contributed by atoms with E-state index in [1.54, 1.807) is 20.8 Å². The van der Waals surface area contributed by atoms with Crippen LogP contribution >= 0.6 is 0 Å². The van der Waals surface area contributed by atoms with E-state index in [1.165, 1.54) is 18.2 Å². The molecule has 0 saturated carbocycles. The number of para-hydroxylation sites is 1. The number of hydrogen-bond donors (Lipinski definition) is 2. The van der Waals surface area contributed by atoms with Crippen LogP contribution in [-0.4, -0.2) is 29.8 Å². The largest absolute Gasteiger partial charge is 0.573 e. The second kappa shape index (κ2) is 6.87. The summed E-state index contributed by atoms with van der Waals surface area (Å²) in [5.41, 5.74) is -0.778. The number of alkyl halides is 3. The van der Waals surface area contributed by atoms with Crippen LogP contribution in [0.3, 0.4) is 0 Å². The molecule has 0 bridgehead atoms. The third kappa shape index (κ3) is 6.21. The van der Waals surface area contributed by atoms with Crippen molar-refractivity contribution in [1.29, 1.82) is 0 Å². The standard InChI is InChI=1S/C14H18F3NO4/c1-13(2,3)22-12(20)18-10(8-19)9-6-4-5-7-11(9)21-14(15,16)17/h4-7,10,19H,8H2,1-3H3,(H,18,20). The van der Waals surface area contributed by atoms with E-state index >= 15 is 0 Å². The lowest BCUT2D eigenvalue weighted by atomic mass is 10.1. The molecule has 2 N–H and O–H groups in total. The molecule has 0 aliphatic carbocycles. The van der Waals surface area contributed by atoms with E-state index in [-0.39, 0.29) is 5.56 Å². The van der Waals surface area contributed by atoms with E-state index in [4.69, 9.17) is 4.74 Å². The minimum Gasteiger partial charge on any atom is -0.444 e. The number of carbonyl (C=O) groups excluding carboxylic acids is 1. The van der Waals surface area contributed by atoms with Crippen molar-refractivity contribution in [2.24, 2.45) is 0 Å². The van der Waals surface area contributed by atoms with Crippen LogP contribution in [0, 0.1) is 0 Å². The number of aliphatic hydroxyl groups excluding tert-OH is 1. The number of halogens is 3. The van der Waals surface area contributed by atoms with Gasteiger partial charge in [-0.05, 0) is 26.8 Å². The number of benzene rings is 1. The fourth-order valence-electron chi connectivity index (χ4n) is 1.66. The van der Waals surface area contributed by atoms with Gasteiger partial charge in [0.15, 0.2) is 0 Å². The first-order valence-electron chi connectivity index (χ1n) is 6.47. The van der Waals surface area contributed by atoms with E-state index in [0.717, 1.165) is 6.07 Å². The molecular weight excluding hydrogens is 303 g/mol. The average Bonchev–Trinajstić information content (AvgIpc) is 2.33. The molecule has 1 rings (SSSR count). The molecule has 1 amide bonds. The molecule has 0 fully saturated rings. The minimum absolute atomic E-state index is 0.00631. The highest BCUT2D eigenvalue weighted by molar-refractivity contribution is 5.68. The molecule has 0 saturated heterocycles. The van der Waals surface area contributed by atoms with Gasteiger partial charge in [0.05, 0.1) is 12.6 Å². The highest BCUT2D eigenvalue weighted by Crippen LogP contribution is 2.30. The molecule has 1 aromatic carbocycles. The Bertz CT molecular complexity index is 512. The zero-order valence-electron chi connectivity index (χ0n) is 12.4. The van der Waals surface area contributed by atoms with Crippen molar-refractivity contribution in [3.63, 3.8) is 0 Å². The van der Waals surface area contributed by atoms with Gasteiger partial charge >= 0.3 is 12.5 Å². The Kier molecular flexibility index (Phi) is 5.65. The minimum atomic E-state index is -4.87. The molecule has 0 heterocycles. The Morgan fingerprint density at radius 1 is 1.27 bits per heavy atom. The number of alkyl carbamates (subject to hydrolysis) is 1. The Labute approximate surface area is 126 Å². The fourth-order valence-corrected chi connectivity index (χ4v) is 1.66. The highest BCUT2D eigenvalue weighted by Gasteiger charge is 2.33. The van der Waals surface area contributed by atoms with Gasteiger partial charge in [-0.15, -0.1) is 13.2 Å². The number of ether oxygens (including phenoxy) is 2. The second-order valence-corrected chi connectivity index (χ2v) is 5.47. The molecule has 1 atom stereocenters. The van der Waals surface area contributed by atoms with Crippen LogP contribution in [0.15, 0.2) is 24.3 Å². The van der Waals surface area contributed by atoms with Crippen molar-refractivity contribution in [2.45, 2.75) is 38.8 Å². The average molecular weight is 321 g/mol. The molecule has 8 heteroatoms. The monoisotopic (exact) mass is 321 g/mol.